The monoisotopic (exact) mass is 986 g/mol. The molecule has 0 radical (unpaired) electrons. The molecule has 6 nitrogen and oxygen atoms in total. The van der Waals surface area contributed by atoms with Crippen LogP contribution in [0.2, 0.25) is 19.6 Å². The van der Waals surface area contributed by atoms with Crippen LogP contribution in [0.3, 0.4) is 0 Å². The number of nitrogens with zero attached hydrogens (tertiary/aromatic N) is 6. The predicted octanol–water partition coefficient (Wildman–Crippen LogP) is 18.1. The van der Waals surface area contributed by atoms with Crippen LogP contribution in [0.4, 0.5) is 34.1 Å². The number of hydrogen-bond acceptors (Lipinski definition) is 4. The Hall–Kier alpha value is -8.62. The van der Waals surface area contributed by atoms with Gasteiger partial charge in [-0.05, 0) is 126 Å². The Kier molecular flexibility index (Phi) is 9.97. The highest BCUT2D eigenvalue weighted by atomic mass is 28.3. The number of aromatic nitrogens is 2. The molecular weight excluding hydrogens is 929 g/mol. The van der Waals surface area contributed by atoms with Crippen molar-refractivity contribution < 1.29 is 0 Å². The topological polar surface area (TPSA) is 62.9 Å². The smallest absolute Gasteiger partial charge is 0.0991 e. The van der Waals surface area contributed by atoms with Gasteiger partial charge in [0.2, 0.25) is 0 Å². The van der Waals surface area contributed by atoms with Crippen molar-refractivity contribution in [3.05, 3.63) is 198 Å². The molecule has 0 saturated carbocycles. The van der Waals surface area contributed by atoms with Gasteiger partial charge >= 0.3 is 0 Å². The number of nitriles is 2. The number of para-hydroxylation sites is 2. The average Bonchev–Trinajstić information content (AvgIpc) is 4.15. The third kappa shape index (κ3) is 6.88. The normalized spacial score (nSPS) is 12.6. The third-order valence-electron chi connectivity index (χ3n) is 15.9. The lowest BCUT2D eigenvalue weighted by molar-refractivity contribution is 0.594. The van der Waals surface area contributed by atoms with E-state index in [1.165, 1.54) is 98.1 Å². The molecule has 4 heterocycles. The van der Waals surface area contributed by atoms with Crippen LogP contribution in [0.25, 0.3) is 76.2 Å². The van der Waals surface area contributed by atoms with Crippen molar-refractivity contribution in [2.24, 2.45) is 0 Å². The van der Waals surface area contributed by atoms with Crippen molar-refractivity contribution in [2.45, 2.75) is 78.9 Å². The molecule has 13 aromatic rings. The highest BCUT2D eigenvalue weighted by molar-refractivity contribution is 6.88. The molecule has 0 aliphatic rings. The van der Waals surface area contributed by atoms with Gasteiger partial charge in [0.15, 0.2) is 0 Å². The molecule has 4 aromatic heterocycles. The molecule has 0 fully saturated rings. The van der Waals surface area contributed by atoms with Crippen LogP contribution < -0.4 is 15.0 Å². The third-order valence-corrected chi connectivity index (χ3v) is 17.9. The summed E-state index contributed by atoms with van der Waals surface area (Å²) in [5.41, 5.74) is 18.3. The van der Waals surface area contributed by atoms with Gasteiger partial charge in [0.1, 0.15) is 0 Å². The number of benzene rings is 9. The summed E-state index contributed by atoms with van der Waals surface area (Å²) >= 11 is 0. The van der Waals surface area contributed by atoms with Gasteiger partial charge in [0.25, 0.3) is 0 Å². The molecule has 0 saturated heterocycles. The Labute approximate surface area is 439 Å². The van der Waals surface area contributed by atoms with Gasteiger partial charge in [-0.25, -0.2) is 0 Å². The quantitative estimate of drug-likeness (QED) is 0.149. The lowest BCUT2D eigenvalue weighted by Gasteiger charge is -2.27. The molecule has 75 heavy (non-hydrogen) atoms. The van der Waals surface area contributed by atoms with E-state index in [1.54, 1.807) is 0 Å². The largest absolute Gasteiger partial charge is 0.310 e. The van der Waals surface area contributed by atoms with Crippen molar-refractivity contribution >= 4 is 124 Å². The summed E-state index contributed by atoms with van der Waals surface area (Å²) in [7, 11) is -1.58. The second-order valence-electron chi connectivity index (χ2n) is 23.8. The lowest BCUT2D eigenvalue weighted by atomic mass is 9.85. The Morgan fingerprint density at radius 3 is 1.15 bits per heavy atom. The van der Waals surface area contributed by atoms with E-state index in [0.717, 1.165) is 34.1 Å². The van der Waals surface area contributed by atoms with Crippen LogP contribution in [-0.4, -0.2) is 16.9 Å². The van der Waals surface area contributed by atoms with Crippen molar-refractivity contribution in [3.8, 4) is 12.1 Å². The number of anilines is 6. The first-order chi connectivity index (χ1) is 35.9. The van der Waals surface area contributed by atoms with Gasteiger partial charge < -0.3 is 18.6 Å². The first-order valence-corrected chi connectivity index (χ1v) is 29.6. The summed E-state index contributed by atoms with van der Waals surface area (Å²) < 4.78 is 5.17. The predicted molar refractivity (Wildman–Crippen MR) is 320 cm³/mol. The fraction of sp³-hybridized carbons (Fsp3) is 0.176. The summed E-state index contributed by atoms with van der Waals surface area (Å²) in [6, 6.07) is 66.8. The number of hydrogen-bond donors (Lipinski definition) is 0. The van der Waals surface area contributed by atoms with E-state index in [4.69, 9.17) is 0 Å². The molecule has 7 heteroatoms. The highest BCUT2D eigenvalue weighted by Crippen LogP contribution is 2.53. The van der Waals surface area contributed by atoms with E-state index in [0.29, 0.717) is 11.1 Å². The van der Waals surface area contributed by atoms with Crippen molar-refractivity contribution in [2.75, 3.05) is 9.80 Å². The maximum absolute atomic E-state index is 9.90. The lowest BCUT2D eigenvalue weighted by Crippen LogP contribution is -2.37. The van der Waals surface area contributed by atoms with E-state index in [9.17, 15) is 10.5 Å². The molecule has 9 aromatic carbocycles. The fourth-order valence-electron chi connectivity index (χ4n) is 12.3. The minimum atomic E-state index is -1.58. The van der Waals surface area contributed by atoms with E-state index in [1.807, 2.05) is 24.3 Å². The Morgan fingerprint density at radius 2 is 0.787 bits per heavy atom. The molecule has 0 spiro atoms. The van der Waals surface area contributed by atoms with Crippen LogP contribution >= 0.6 is 0 Å². The molecular formula is C68H58N6Si. The standard InChI is InChI=1S/C68H58N6Si/c1-41-17-23-44(24-18-41)71(45-25-19-42(39-69)20-26-45)57-35-33-49-53-37-60-54(38-59(53)73-63-51(61(57)65(49)73)13-11-15-55(63)67(2,3)4)50-34-36-58(62-52-14-12-16-56(68(5,6)7)64(52)74(60)66(50)62)72(46-27-21-43(40-70)22-28-46)47-29-31-48(32-30-47)75(8,9)10/h11-38H,1-10H3. The molecule has 0 unspecified atom stereocenters. The first-order valence-electron chi connectivity index (χ1n) is 26.1. The minimum Gasteiger partial charge on any atom is -0.310 e. The summed E-state index contributed by atoms with van der Waals surface area (Å²) in [6.45, 7) is 23.3. The second kappa shape index (κ2) is 16.2. The Balaban J connectivity index is 1.16. The minimum absolute atomic E-state index is 0.157. The second-order valence-corrected chi connectivity index (χ2v) is 28.9. The molecule has 0 bridgehead atoms. The molecule has 0 N–H and O–H groups in total. The Morgan fingerprint density at radius 1 is 0.413 bits per heavy atom. The van der Waals surface area contributed by atoms with Gasteiger partial charge in [0.05, 0.1) is 75.8 Å². The highest BCUT2D eigenvalue weighted by Gasteiger charge is 2.32. The van der Waals surface area contributed by atoms with Crippen molar-refractivity contribution in [1.82, 2.24) is 8.80 Å². The van der Waals surface area contributed by atoms with Gasteiger partial charge in [-0.1, -0.05) is 145 Å². The zero-order chi connectivity index (χ0) is 52.0. The van der Waals surface area contributed by atoms with Gasteiger partial charge in [0, 0.05) is 65.8 Å². The number of fused-ring (bicyclic) bond motifs is 12. The first kappa shape index (κ1) is 46.2. The van der Waals surface area contributed by atoms with Gasteiger partial charge in [-0.2, -0.15) is 10.5 Å². The Bertz CT molecular complexity index is 4520. The summed E-state index contributed by atoms with van der Waals surface area (Å²) in [5.74, 6) is 0. The maximum Gasteiger partial charge on any atom is 0.0991 e. The van der Waals surface area contributed by atoms with E-state index in [-0.39, 0.29) is 10.8 Å². The van der Waals surface area contributed by atoms with Crippen LogP contribution in [0.1, 0.15) is 69.4 Å². The SMILES string of the molecule is Cc1ccc(N(c2ccc(C#N)cc2)c2ccc3c4cc5c(cc4n4c6c(C(C)(C)C)cccc6c2c34)c2ccc(N(c3ccc(C#N)cc3)c3ccc([Si](C)(C)C)cc3)c3c4cccc(C(C)(C)C)c4n5c23)cc1. The number of aryl methyl sites for hydroxylation is 1. The summed E-state index contributed by atoms with van der Waals surface area (Å²) in [4.78, 5) is 4.76. The van der Waals surface area contributed by atoms with Crippen molar-refractivity contribution in [3.63, 3.8) is 0 Å². The van der Waals surface area contributed by atoms with Crippen molar-refractivity contribution in [1.29, 1.82) is 10.5 Å². The van der Waals surface area contributed by atoms with Crippen LogP contribution in [0.15, 0.2) is 170 Å². The van der Waals surface area contributed by atoms with Gasteiger partial charge in [-0.3, -0.25) is 0 Å². The number of rotatable bonds is 7. The molecule has 0 aliphatic heterocycles. The zero-order valence-corrected chi connectivity index (χ0v) is 45.3. The van der Waals surface area contributed by atoms with Crippen LogP contribution in [0, 0.1) is 29.6 Å². The van der Waals surface area contributed by atoms with Crippen LogP contribution in [-0.2, 0) is 10.8 Å². The summed E-state index contributed by atoms with van der Waals surface area (Å²) in [5, 5.41) is 30.8. The van der Waals surface area contributed by atoms with E-state index < -0.39 is 8.07 Å². The van der Waals surface area contributed by atoms with E-state index in [2.05, 4.69) is 244 Å². The zero-order valence-electron chi connectivity index (χ0n) is 44.3. The van der Waals surface area contributed by atoms with Gasteiger partial charge in [-0.15, -0.1) is 0 Å². The maximum atomic E-state index is 9.90. The molecule has 364 valence electrons. The molecule has 13 rings (SSSR count). The molecule has 0 amide bonds. The summed E-state index contributed by atoms with van der Waals surface area (Å²) in [6.07, 6.45) is 0. The fourth-order valence-corrected chi connectivity index (χ4v) is 13.4. The van der Waals surface area contributed by atoms with E-state index >= 15 is 0 Å². The van der Waals surface area contributed by atoms with Crippen LogP contribution in [0.5, 0.6) is 0 Å². The molecule has 0 atom stereocenters. The molecule has 0 aliphatic carbocycles. The average molecular weight is 987 g/mol.